The first-order valence-electron chi connectivity index (χ1n) is 7.28. The monoisotopic (exact) mass is 352 g/mol. The van der Waals surface area contributed by atoms with E-state index in [2.05, 4.69) is 0 Å². The van der Waals surface area contributed by atoms with E-state index in [1.807, 2.05) is 39.8 Å². The van der Waals surface area contributed by atoms with E-state index in [-0.39, 0.29) is 0 Å². The highest BCUT2D eigenvalue weighted by molar-refractivity contribution is 7.54. The van der Waals surface area contributed by atoms with Crippen LogP contribution in [0.25, 0.3) is 0 Å². The van der Waals surface area contributed by atoms with Gasteiger partial charge in [-0.05, 0) is 79.6 Å². The maximum Gasteiger partial charge on any atom is 0.199 e. The van der Waals surface area contributed by atoms with Gasteiger partial charge < -0.3 is 19.6 Å². The number of benzene rings is 2. The third-order valence-electron chi connectivity index (χ3n) is 4.55. The summed E-state index contributed by atoms with van der Waals surface area (Å²) in [5, 5.41) is 1.19. The molecule has 0 atom stereocenters. The van der Waals surface area contributed by atoms with Crippen LogP contribution in [0.4, 0.5) is 0 Å². The predicted molar refractivity (Wildman–Crippen MR) is 96.6 cm³/mol. The SMILES string of the molecule is Cc1c(Cc2ccc(P(O)O)c(C)c2C)ccc(P(O)O)c1C. The second-order valence-electron chi connectivity index (χ2n) is 5.74. The molecular weight excluding hydrogens is 330 g/mol. The van der Waals surface area contributed by atoms with Crippen LogP contribution in [0.2, 0.25) is 0 Å². The lowest BCUT2D eigenvalue weighted by Crippen LogP contribution is -2.11. The average Bonchev–Trinajstić information content (AvgIpc) is 2.48. The topological polar surface area (TPSA) is 80.9 Å². The van der Waals surface area contributed by atoms with Gasteiger partial charge >= 0.3 is 0 Å². The Balaban J connectivity index is 2.41. The molecule has 0 spiro atoms. The van der Waals surface area contributed by atoms with E-state index >= 15 is 0 Å². The summed E-state index contributed by atoms with van der Waals surface area (Å²) in [4.78, 5) is 37.8. The predicted octanol–water partition coefficient (Wildman–Crippen LogP) is 2.35. The Morgan fingerprint density at radius 3 is 1.26 bits per heavy atom. The van der Waals surface area contributed by atoms with Gasteiger partial charge in [-0.15, -0.1) is 0 Å². The Hall–Kier alpha value is -0.860. The zero-order chi connectivity index (χ0) is 17.3. The molecule has 4 N–H and O–H groups in total. The van der Waals surface area contributed by atoms with Crippen molar-refractivity contribution in [1.29, 1.82) is 0 Å². The molecular formula is C17H22O4P2. The van der Waals surface area contributed by atoms with E-state index in [1.165, 1.54) is 0 Å². The summed E-state index contributed by atoms with van der Waals surface area (Å²) in [5.74, 6) is 0. The van der Waals surface area contributed by atoms with Gasteiger partial charge in [-0.3, -0.25) is 0 Å². The molecule has 0 bridgehead atoms. The van der Waals surface area contributed by atoms with Gasteiger partial charge in [-0.25, -0.2) is 0 Å². The minimum atomic E-state index is -2.08. The van der Waals surface area contributed by atoms with Crippen molar-refractivity contribution < 1.29 is 19.6 Å². The zero-order valence-corrected chi connectivity index (χ0v) is 15.5. The van der Waals surface area contributed by atoms with Gasteiger partial charge in [0, 0.05) is 10.6 Å². The largest absolute Gasteiger partial charge is 0.347 e. The first kappa shape index (κ1) is 18.5. The van der Waals surface area contributed by atoms with Crippen molar-refractivity contribution in [2.24, 2.45) is 0 Å². The van der Waals surface area contributed by atoms with Crippen LogP contribution in [-0.2, 0) is 6.42 Å². The minimum absolute atomic E-state index is 0.593. The number of hydrogen-bond acceptors (Lipinski definition) is 4. The van der Waals surface area contributed by atoms with Gasteiger partial charge in [-0.1, -0.05) is 12.1 Å². The van der Waals surface area contributed by atoms with Crippen molar-refractivity contribution in [3.05, 3.63) is 57.6 Å². The molecule has 124 valence electrons. The molecule has 2 aromatic carbocycles. The lowest BCUT2D eigenvalue weighted by atomic mass is 9.93. The normalized spacial score (nSPS) is 11.6. The molecule has 23 heavy (non-hydrogen) atoms. The molecule has 0 saturated carbocycles. The van der Waals surface area contributed by atoms with E-state index in [4.69, 9.17) is 0 Å². The second kappa shape index (κ2) is 7.36. The van der Waals surface area contributed by atoms with Crippen molar-refractivity contribution in [2.75, 3.05) is 0 Å². The molecule has 0 radical (unpaired) electrons. The van der Waals surface area contributed by atoms with Crippen molar-refractivity contribution in [3.63, 3.8) is 0 Å². The lowest BCUT2D eigenvalue weighted by Gasteiger charge is -2.17. The molecule has 6 heteroatoms. The van der Waals surface area contributed by atoms with Gasteiger partial charge in [0.2, 0.25) is 0 Å². The van der Waals surface area contributed by atoms with E-state index in [0.717, 1.165) is 39.8 Å². The van der Waals surface area contributed by atoms with E-state index in [0.29, 0.717) is 10.6 Å². The van der Waals surface area contributed by atoms with Crippen LogP contribution in [0.15, 0.2) is 24.3 Å². The molecule has 0 unspecified atom stereocenters. The highest BCUT2D eigenvalue weighted by Crippen LogP contribution is 2.30. The standard InChI is InChI=1S/C17H22O4P2/c1-10-12(3)16(22(18)19)7-5-14(10)9-15-6-8-17(23(20)21)13(4)11(15)2/h5-8,18-21H,9H2,1-4H3. The maximum atomic E-state index is 9.45. The third-order valence-corrected chi connectivity index (χ3v) is 6.38. The first-order chi connectivity index (χ1) is 10.7. The molecule has 2 aromatic rings. The maximum absolute atomic E-state index is 9.45. The van der Waals surface area contributed by atoms with Crippen LogP contribution in [0.5, 0.6) is 0 Å². The molecule has 0 aromatic heterocycles. The van der Waals surface area contributed by atoms with E-state index in [9.17, 15) is 19.6 Å². The van der Waals surface area contributed by atoms with Crippen LogP contribution in [-0.4, -0.2) is 19.6 Å². The fourth-order valence-corrected chi connectivity index (χ4v) is 4.10. The van der Waals surface area contributed by atoms with Gasteiger partial charge in [0.25, 0.3) is 0 Å². The average molecular weight is 352 g/mol. The van der Waals surface area contributed by atoms with Crippen LogP contribution in [0.1, 0.15) is 33.4 Å². The second-order valence-corrected chi connectivity index (χ2v) is 7.86. The molecule has 0 saturated heterocycles. The molecule has 0 heterocycles. The summed E-state index contributed by atoms with van der Waals surface area (Å²) in [5.41, 5.74) is 6.22. The quantitative estimate of drug-likeness (QED) is 0.637. The van der Waals surface area contributed by atoms with E-state index in [1.54, 1.807) is 12.1 Å². The van der Waals surface area contributed by atoms with Crippen molar-refractivity contribution in [2.45, 2.75) is 34.1 Å². The third kappa shape index (κ3) is 3.80. The molecule has 4 nitrogen and oxygen atoms in total. The van der Waals surface area contributed by atoms with Gasteiger partial charge in [0.15, 0.2) is 16.8 Å². The van der Waals surface area contributed by atoms with Crippen LogP contribution in [0, 0.1) is 27.7 Å². The lowest BCUT2D eigenvalue weighted by molar-refractivity contribution is 0.495. The molecule has 0 aliphatic heterocycles. The van der Waals surface area contributed by atoms with Crippen LogP contribution < -0.4 is 10.6 Å². The summed E-state index contributed by atoms with van der Waals surface area (Å²) in [6.45, 7) is 7.79. The first-order valence-corrected chi connectivity index (χ1v) is 9.77. The van der Waals surface area contributed by atoms with Crippen molar-refractivity contribution in [3.8, 4) is 0 Å². The van der Waals surface area contributed by atoms with Crippen molar-refractivity contribution >= 4 is 27.4 Å². The Morgan fingerprint density at radius 2 is 0.957 bits per heavy atom. The smallest absolute Gasteiger partial charge is 0.199 e. The summed E-state index contributed by atoms with van der Waals surface area (Å²) in [6.07, 6.45) is 0.726. The van der Waals surface area contributed by atoms with Gasteiger partial charge in [0.05, 0.1) is 0 Å². The Kier molecular flexibility index (Phi) is 5.91. The van der Waals surface area contributed by atoms with E-state index < -0.39 is 16.8 Å². The number of rotatable bonds is 4. The molecule has 0 fully saturated rings. The highest BCUT2D eigenvalue weighted by atomic mass is 31.2. The van der Waals surface area contributed by atoms with Crippen LogP contribution in [0.3, 0.4) is 0 Å². The highest BCUT2D eigenvalue weighted by Gasteiger charge is 2.15. The number of hydrogen-bond donors (Lipinski definition) is 4. The fraction of sp³-hybridized carbons (Fsp3) is 0.294. The van der Waals surface area contributed by atoms with Crippen LogP contribution >= 0.6 is 16.8 Å². The molecule has 0 aliphatic rings. The Morgan fingerprint density at radius 1 is 0.609 bits per heavy atom. The molecule has 0 aliphatic carbocycles. The van der Waals surface area contributed by atoms with Gasteiger partial charge in [0.1, 0.15) is 0 Å². The Bertz CT molecular complexity index is 666. The summed E-state index contributed by atoms with van der Waals surface area (Å²) < 4.78 is 0. The summed E-state index contributed by atoms with van der Waals surface area (Å²) >= 11 is 0. The molecule has 2 rings (SSSR count). The fourth-order valence-electron chi connectivity index (χ4n) is 2.75. The Labute approximate surface area is 139 Å². The molecule has 0 amide bonds. The van der Waals surface area contributed by atoms with Crippen molar-refractivity contribution in [1.82, 2.24) is 0 Å². The van der Waals surface area contributed by atoms with Gasteiger partial charge in [-0.2, -0.15) is 0 Å². The minimum Gasteiger partial charge on any atom is -0.347 e. The summed E-state index contributed by atoms with van der Waals surface area (Å²) in [6, 6.07) is 7.43. The zero-order valence-electron chi connectivity index (χ0n) is 13.7. The summed E-state index contributed by atoms with van der Waals surface area (Å²) in [7, 11) is -4.16.